The summed E-state index contributed by atoms with van der Waals surface area (Å²) in [5.74, 6) is -0.122. The normalized spacial score (nSPS) is 15.9. The zero-order valence-corrected chi connectivity index (χ0v) is 17.8. The molecule has 2 aromatic carbocycles. The molecule has 1 aliphatic rings. The van der Waals surface area contributed by atoms with E-state index in [0.717, 1.165) is 16.5 Å². The lowest BCUT2D eigenvalue weighted by Crippen LogP contribution is -2.44. The number of pyridine rings is 1. The lowest BCUT2D eigenvalue weighted by Gasteiger charge is -2.33. The standard InChI is InChI=1S/C23H25N3O3S/c1-2-26(21-10-9-18-6-3-4-7-20(18)16-21)23(27)19-11-14-25(15-12-19)30(28,29)22-8-5-13-24-17-22/h3-10,13,16-17,19H,2,11-12,14-15H2,1H3. The topological polar surface area (TPSA) is 70.6 Å². The highest BCUT2D eigenvalue weighted by molar-refractivity contribution is 7.89. The van der Waals surface area contributed by atoms with Gasteiger partial charge in [-0.25, -0.2) is 8.42 Å². The molecule has 0 saturated carbocycles. The SMILES string of the molecule is CCN(C(=O)C1CCN(S(=O)(=O)c2cccnc2)CC1)c1ccc2ccccc2c1. The van der Waals surface area contributed by atoms with Gasteiger partial charge in [-0.05, 0) is 54.8 Å². The van der Waals surface area contributed by atoms with Gasteiger partial charge in [-0.15, -0.1) is 0 Å². The predicted octanol–water partition coefficient (Wildman–Crippen LogP) is 3.69. The Bertz CT molecular complexity index is 1140. The van der Waals surface area contributed by atoms with Gasteiger partial charge in [0, 0.05) is 43.6 Å². The minimum Gasteiger partial charge on any atom is -0.312 e. The summed E-state index contributed by atoms with van der Waals surface area (Å²) in [6, 6.07) is 17.3. The first kappa shape index (κ1) is 20.5. The number of hydrogen-bond acceptors (Lipinski definition) is 4. The molecule has 3 aromatic rings. The largest absolute Gasteiger partial charge is 0.312 e. The molecule has 4 rings (SSSR count). The molecule has 0 spiro atoms. The molecule has 0 N–H and O–H groups in total. The molecule has 2 heterocycles. The van der Waals surface area contributed by atoms with Gasteiger partial charge in [0.25, 0.3) is 0 Å². The van der Waals surface area contributed by atoms with Crippen molar-refractivity contribution in [2.75, 3.05) is 24.5 Å². The minimum absolute atomic E-state index is 0.0613. The van der Waals surface area contributed by atoms with Gasteiger partial charge in [0.15, 0.2) is 0 Å². The van der Waals surface area contributed by atoms with Crippen LogP contribution in [0.3, 0.4) is 0 Å². The molecule has 6 nitrogen and oxygen atoms in total. The fourth-order valence-electron chi connectivity index (χ4n) is 4.02. The third-order valence-electron chi connectivity index (χ3n) is 5.70. The average Bonchev–Trinajstić information content (AvgIpc) is 2.80. The van der Waals surface area contributed by atoms with Crippen LogP contribution in [0, 0.1) is 5.92 Å². The predicted molar refractivity (Wildman–Crippen MR) is 118 cm³/mol. The van der Waals surface area contributed by atoms with Crippen LogP contribution in [0.15, 0.2) is 71.9 Å². The molecule has 0 bridgehead atoms. The fraction of sp³-hybridized carbons (Fsp3) is 0.304. The number of rotatable bonds is 5. The second kappa shape index (κ2) is 8.53. The maximum atomic E-state index is 13.2. The molecule has 30 heavy (non-hydrogen) atoms. The maximum absolute atomic E-state index is 13.2. The Labute approximate surface area is 177 Å². The van der Waals surface area contributed by atoms with Gasteiger partial charge in [0.2, 0.25) is 15.9 Å². The molecule has 1 aromatic heterocycles. The van der Waals surface area contributed by atoms with Gasteiger partial charge in [-0.2, -0.15) is 4.31 Å². The molecule has 0 atom stereocenters. The van der Waals surface area contributed by atoms with Crippen LogP contribution in [0.1, 0.15) is 19.8 Å². The third-order valence-corrected chi connectivity index (χ3v) is 7.58. The number of fused-ring (bicyclic) bond motifs is 1. The summed E-state index contributed by atoms with van der Waals surface area (Å²) in [4.78, 5) is 19.2. The van der Waals surface area contributed by atoms with Crippen LogP contribution in [0.5, 0.6) is 0 Å². The number of aromatic nitrogens is 1. The Kier molecular flexibility index (Phi) is 5.83. The molecule has 0 unspecified atom stereocenters. The first-order valence-electron chi connectivity index (χ1n) is 10.2. The second-order valence-electron chi connectivity index (χ2n) is 7.48. The quantitative estimate of drug-likeness (QED) is 0.628. The number of benzene rings is 2. The third kappa shape index (κ3) is 3.95. The lowest BCUT2D eigenvalue weighted by molar-refractivity contribution is -0.123. The van der Waals surface area contributed by atoms with Gasteiger partial charge in [-0.3, -0.25) is 9.78 Å². The second-order valence-corrected chi connectivity index (χ2v) is 9.42. The van der Waals surface area contributed by atoms with E-state index in [1.165, 1.54) is 10.5 Å². The molecular formula is C23H25N3O3S. The van der Waals surface area contributed by atoms with Crippen molar-refractivity contribution in [1.29, 1.82) is 0 Å². The summed E-state index contributed by atoms with van der Waals surface area (Å²) in [6.45, 7) is 3.21. The number of hydrogen-bond donors (Lipinski definition) is 0. The Hall–Kier alpha value is -2.77. The van der Waals surface area contributed by atoms with Gasteiger partial charge >= 0.3 is 0 Å². The number of carbonyl (C=O) groups excluding carboxylic acids is 1. The van der Waals surface area contributed by atoms with E-state index in [1.54, 1.807) is 18.3 Å². The highest BCUT2D eigenvalue weighted by Gasteiger charge is 2.34. The zero-order chi connectivity index (χ0) is 21.1. The van der Waals surface area contributed by atoms with Crippen molar-refractivity contribution in [3.63, 3.8) is 0 Å². The molecule has 0 radical (unpaired) electrons. The van der Waals surface area contributed by atoms with Crippen LogP contribution in [-0.4, -0.2) is 43.2 Å². The van der Waals surface area contributed by atoms with Crippen LogP contribution >= 0.6 is 0 Å². The molecule has 1 amide bonds. The van der Waals surface area contributed by atoms with E-state index in [9.17, 15) is 13.2 Å². The molecule has 1 saturated heterocycles. The molecule has 1 fully saturated rings. The van der Waals surface area contributed by atoms with E-state index >= 15 is 0 Å². The van der Waals surface area contributed by atoms with E-state index < -0.39 is 10.0 Å². The molecule has 7 heteroatoms. The first-order chi connectivity index (χ1) is 14.5. The zero-order valence-electron chi connectivity index (χ0n) is 16.9. The van der Waals surface area contributed by atoms with Crippen LogP contribution < -0.4 is 4.90 Å². The van der Waals surface area contributed by atoms with Gasteiger partial charge < -0.3 is 4.90 Å². The minimum atomic E-state index is -3.57. The van der Waals surface area contributed by atoms with Crippen molar-refractivity contribution in [2.24, 2.45) is 5.92 Å². The van der Waals surface area contributed by atoms with E-state index in [0.29, 0.717) is 32.5 Å². The number of anilines is 1. The highest BCUT2D eigenvalue weighted by Crippen LogP contribution is 2.28. The fourth-order valence-corrected chi connectivity index (χ4v) is 5.46. The summed E-state index contributed by atoms with van der Waals surface area (Å²) in [6.07, 6.45) is 3.95. The maximum Gasteiger partial charge on any atom is 0.244 e. The van der Waals surface area contributed by atoms with Gasteiger partial charge in [-0.1, -0.05) is 30.3 Å². The van der Waals surface area contributed by atoms with Crippen LogP contribution in [0.25, 0.3) is 10.8 Å². The number of sulfonamides is 1. The van der Waals surface area contributed by atoms with Crippen LogP contribution in [0.2, 0.25) is 0 Å². The Balaban J connectivity index is 1.47. The highest BCUT2D eigenvalue weighted by atomic mass is 32.2. The van der Waals surface area contributed by atoms with E-state index in [-0.39, 0.29) is 16.7 Å². The Morgan fingerprint density at radius 1 is 1.07 bits per heavy atom. The molecule has 156 valence electrons. The molecule has 1 aliphatic heterocycles. The van der Waals surface area contributed by atoms with Crippen molar-refractivity contribution in [1.82, 2.24) is 9.29 Å². The number of piperidine rings is 1. The van der Waals surface area contributed by atoms with Gasteiger partial charge in [0.05, 0.1) is 0 Å². The summed E-state index contributed by atoms with van der Waals surface area (Å²) >= 11 is 0. The van der Waals surface area contributed by atoms with Crippen molar-refractivity contribution >= 4 is 32.4 Å². The Morgan fingerprint density at radius 2 is 1.80 bits per heavy atom. The van der Waals surface area contributed by atoms with Crippen molar-refractivity contribution in [3.05, 3.63) is 67.0 Å². The summed E-state index contributed by atoms with van der Waals surface area (Å²) in [7, 11) is -3.57. The average molecular weight is 424 g/mol. The van der Waals surface area contributed by atoms with Crippen molar-refractivity contribution < 1.29 is 13.2 Å². The lowest BCUT2D eigenvalue weighted by atomic mass is 9.96. The molecule has 0 aliphatic carbocycles. The number of amides is 1. The van der Waals surface area contributed by atoms with E-state index in [4.69, 9.17) is 0 Å². The van der Waals surface area contributed by atoms with Crippen LogP contribution in [0.4, 0.5) is 5.69 Å². The summed E-state index contributed by atoms with van der Waals surface area (Å²) < 4.78 is 27.0. The summed E-state index contributed by atoms with van der Waals surface area (Å²) in [5, 5.41) is 2.23. The van der Waals surface area contributed by atoms with E-state index in [1.807, 2.05) is 48.2 Å². The first-order valence-corrected chi connectivity index (χ1v) is 11.6. The van der Waals surface area contributed by atoms with Gasteiger partial charge in [0.1, 0.15) is 4.90 Å². The van der Waals surface area contributed by atoms with E-state index in [2.05, 4.69) is 11.1 Å². The monoisotopic (exact) mass is 423 g/mol. The van der Waals surface area contributed by atoms with Crippen molar-refractivity contribution in [2.45, 2.75) is 24.7 Å². The Morgan fingerprint density at radius 3 is 2.47 bits per heavy atom. The number of carbonyl (C=O) groups is 1. The smallest absolute Gasteiger partial charge is 0.244 e. The molecular weight excluding hydrogens is 398 g/mol. The summed E-state index contributed by atoms with van der Waals surface area (Å²) in [5.41, 5.74) is 0.881. The number of nitrogens with zero attached hydrogens (tertiary/aromatic N) is 3. The van der Waals surface area contributed by atoms with Crippen LogP contribution in [-0.2, 0) is 14.8 Å². The van der Waals surface area contributed by atoms with Crippen molar-refractivity contribution in [3.8, 4) is 0 Å².